The number of carbonyl (C=O) groups is 1. The van der Waals surface area contributed by atoms with Gasteiger partial charge in [0.2, 0.25) is 5.91 Å². The molecule has 1 saturated carbocycles. The molecule has 2 aromatic carbocycles. The SMILES string of the molecule is C=CC(=O)Nc1cc(NC2NCC(Cl)C(Nc3ccccc3P(C)(C)=O)(C3CCCCCCC3)N2)c(OC)cc1C#CCN1CCCCC1. The van der Waals surface area contributed by atoms with Gasteiger partial charge in [-0.3, -0.25) is 20.3 Å². The minimum Gasteiger partial charge on any atom is -0.495 e. The first kappa shape index (κ1) is 37.3. The summed E-state index contributed by atoms with van der Waals surface area (Å²) in [4.78, 5) is 14.9. The number of nitrogens with one attached hydrogen (secondary N) is 5. The van der Waals surface area contributed by atoms with Crippen molar-refractivity contribution < 1.29 is 14.1 Å². The summed E-state index contributed by atoms with van der Waals surface area (Å²) in [7, 11) is -0.953. The van der Waals surface area contributed by atoms with E-state index in [1.165, 1.54) is 44.6 Å². The summed E-state index contributed by atoms with van der Waals surface area (Å²) in [6, 6.07) is 11.6. The van der Waals surface area contributed by atoms with E-state index in [9.17, 15) is 9.36 Å². The second-order valence-corrected chi connectivity index (χ2v) is 17.6. The highest BCUT2D eigenvalue weighted by Gasteiger charge is 2.49. The number of likely N-dealkylation sites (tertiary alicyclic amines) is 1. The number of hydrogen-bond donors (Lipinski definition) is 5. The molecule has 5 N–H and O–H groups in total. The van der Waals surface area contributed by atoms with Crippen molar-refractivity contribution in [2.75, 3.05) is 62.6 Å². The molecule has 3 atom stereocenters. The Morgan fingerprint density at radius 3 is 2.45 bits per heavy atom. The number of ether oxygens (including phenoxy) is 1. The van der Waals surface area contributed by atoms with Crippen molar-refractivity contribution in [1.29, 1.82) is 0 Å². The molecule has 9 nitrogen and oxygen atoms in total. The Bertz CT molecular complexity index is 1560. The molecule has 0 spiro atoms. The van der Waals surface area contributed by atoms with E-state index in [1.807, 2.05) is 49.7 Å². The molecule has 0 radical (unpaired) electrons. The van der Waals surface area contributed by atoms with Gasteiger partial charge in [0.15, 0.2) is 0 Å². The predicted octanol–water partition coefficient (Wildman–Crippen LogP) is 6.57. The predicted molar refractivity (Wildman–Crippen MR) is 205 cm³/mol. The van der Waals surface area contributed by atoms with E-state index >= 15 is 0 Å². The van der Waals surface area contributed by atoms with Gasteiger partial charge in [-0.15, -0.1) is 11.6 Å². The third-order valence-electron chi connectivity index (χ3n) is 10.0. The summed E-state index contributed by atoms with van der Waals surface area (Å²) in [6.07, 6.45) is 12.5. The van der Waals surface area contributed by atoms with Crippen LogP contribution in [0.15, 0.2) is 49.1 Å². The average Bonchev–Trinajstić information content (AvgIpc) is 3.07. The molecule has 266 valence electrons. The van der Waals surface area contributed by atoms with Gasteiger partial charge in [0.05, 0.1) is 36.0 Å². The summed E-state index contributed by atoms with van der Waals surface area (Å²) in [6.45, 7) is 10.6. The normalized spacial score (nSPS) is 24.0. The third-order valence-corrected chi connectivity index (χ3v) is 12.1. The maximum absolute atomic E-state index is 13.4. The molecule has 1 amide bonds. The number of alkyl halides is 1. The van der Waals surface area contributed by atoms with Crippen LogP contribution in [0.5, 0.6) is 5.75 Å². The van der Waals surface area contributed by atoms with Crippen LogP contribution in [-0.4, -0.2) is 74.8 Å². The number of anilines is 3. The molecule has 11 heteroatoms. The molecule has 5 rings (SSSR count). The number of para-hydroxylation sites is 1. The fraction of sp³-hybridized carbons (Fsp3) is 0.553. The van der Waals surface area contributed by atoms with Gasteiger partial charge in [-0.25, -0.2) is 0 Å². The Kier molecular flexibility index (Phi) is 13.2. The molecule has 2 aliphatic heterocycles. The van der Waals surface area contributed by atoms with Crippen LogP contribution >= 0.6 is 18.7 Å². The molecule has 2 heterocycles. The van der Waals surface area contributed by atoms with Gasteiger partial charge < -0.3 is 25.3 Å². The topological polar surface area (TPSA) is 107 Å². The van der Waals surface area contributed by atoms with Crippen LogP contribution in [0.4, 0.5) is 17.1 Å². The molecule has 0 bridgehead atoms. The molecule has 1 aliphatic carbocycles. The van der Waals surface area contributed by atoms with E-state index in [1.54, 1.807) is 7.11 Å². The number of amides is 1. The van der Waals surface area contributed by atoms with E-state index in [2.05, 4.69) is 49.9 Å². The summed E-state index contributed by atoms with van der Waals surface area (Å²) >= 11 is 7.35. The Morgan fingerprint density at radius 1 is 1.06 bits per heavy atom. The van der Waals surface area contributed by atoms with Gasteiger partial charge >= 0.3 is 0 Å². The van der Waals surface area contributed by atoms with E-state index in [0.717, 1.165) is 49.8 Å². The lowest BCUT2D eigenvalue weighted by molar-refractivity contribution is -0.111. The summed E-state index contributed by atoms with van der Waals surface area (Å²) in [5.41, 5.74) is 2.06. The van der Waals surface area contributed by atoms with Crippen molar-refractivity contribution in [3.63, 3.8) is 0 Å². The molecule has 3 aliphatic rings. The molecular weight excluding hydrogens is 655 g/mol. The van der Waals surface area contributed by atoms with Gasteiger partial charge in [-0.1, -0.05) is 69.1 Å². The Morgan fingerprint density at radius 2 is 1.76 bits per heavy atom. The van der Waals surface area contributed by atoms with Gasteiger partial charge in [-0.2, -0.15) is 0 Å². The van der Waals surface area contributed by atoms with Crippen LogP contribution in [0.3, 0.4) is 0 Å². The zero-order chi connectivity index (χ0) is 34.9. The number of halogens is 1. The number of rotatable bonds is 10. The van der Waals surface area contributed by atoms with Crippen LogP contribution < -0.4 is 36.6 Å². The van der Waals surface area contributed by atoms with E-state index in [0.29, 0.717) is 35.8 Å². The number of hydrogen-bond acceptors (Lipinski definition) is 8. The Labute approximate surface area is 298 Å². The summed E-state index contributed by atoms with van der Waals surface area (Å²) < 4.78 is 19.3. The van der Waals surface area contributed by atoms with Gasteiger partial charge in [-0.05, 0) is 82.3 Å². The van der Waals surface area contributed by atoms with Crippen LogP contribution in [0.25, 0.3) is 0 Å². The van der Waals surface area contributed by atoms with Crippen molar-refractivity contribution in [1.82, 2.24) is 15.5 Å². The molecule has 2 aromatic rings. The van der Waals surface area contributed by atoms with Gasteiger partial charge in [0, 0.05) is 23.6 Å². The lowest BCUT2D eigenvalue weighted by atomic mass is 9.78. The highest BCUT2D eigenvalue weighted by Crippen LogP contribution is 2.42. The van der Waals surface area contributed by atoms with Crippen molar-refractivity contribution in [2.45, 2.75) is 81.5 Å². The van der Waals surface area contributed by atoms with Crippen molar-refractivity contribution in [2.24, 2.45) is 5.92 Å². The van der Waals surface area contributed by atoms with Gasteiger partial charge in [0.25, 0.3) is 0 Å². The number of nitrogens with zero attached hydrogens (tertiary/aromatic N) is 1. The second kappa shape index (κ2) is 17.3. The number of piperidine rings is 1. The van der Waals surface area contributed by atoms with Crippen LogP contribution in [0.2, 0.25) is 0 Å². The Hall–Kier alpha value is -2.99. The van der Waals surface area contributed by atoms with Crippen molar-refractivity contribution in [3.05, 3.63) is 54.6 Å². The van der Waals surface area contributed by atoms with E-state index in [4.69, 9.17) is 16.3 Å². The molecule has 0 aromatic heterocycles. The lowest BCUT2D eigenvalue weighted by Gasteiger charge is -2.52. The fourth-order valence-corrected chi connectivity index (χ4v) is 8.94. The standard InChI is InChI=1S/C38H54ClN6O3P/c1-5-36(46)41-31-26-32(33(48-2)25-28(31)17-16-24-45-22-14-9-15-23-45)42-37-40-27-35(39)38(44-37,29-18-10-7-6-8-11-19-29)43-30-20-12-13-21-34(30)49(3,4)47/h5,12-13,20-21,25-26,29,35,37,40,42-44H,1,6-11,14-15,18-19,22-24,27H2,2-4H3,(H,41,46). The fourth-order valence-electron chi connectivity index (χ4n) is 7.39. The number of benzene rings is 2. The average molecular weight is 709 g/mol. The quantitative estimate of drug-likeness (QED) is 0.0818. The Balaban J connectivity index is 1.48. The van der Waals surface area contributed by atoms with Crippen molar-refractivity contribution >= 4 is 47.0 Å². The third kappa shape index (κ3) is 9.62. The maximum atomic E-state index is 13.4. The smallest absolute Gasteiger partial charge is 0.247 e. The summed E-state index contributed by atoms with van der Waals surface area (Å²) in [5, 5.41) is 18.3. The lowest BCUT2D eigenvalue weighted by Crippen LogP contribution is -2.75. The first-order valence-corrected chi connectivity index (χ1v) is 20.9. The van der Waals surface area contributed by atoms with Crippen LogP contribution in [0, 0.1) is 17.8 Å². The summed E-state index contributed by atoms with van der Waals surface area (Å²) in [5.74, 6) is 7.10. The highest BCUT2D eigenvalue weighted by molar-refractivity contribution is 7.70. The molecule has 2 saturated heterocycles. The zero-order valence-electron chi connectivity index (χ0n) is 29.4. The molecule has 3 unspecified atom stereocenters. The maximum Gasteiger partial charge on any atom is 0.247 e. The highest BCUT2D eigenvalue weighted by atomic mass is 35.5. The van der Waals surface area contributed by atoms with Crippen LogP contribution in [-0.2, 0) is 9.36 Å². The van der Waals surface area contributed by atoms with E-state index < -0.39 is 19.1 Å². The largest absolute Gasteiger partial charge is 0.495 e. The molecule has 3 fully saturated rings. The first-order valence-electron chi connectivity index (χ1n) is 17.8. The molecule has 49 heavy (non-hydrogen) atoms. The minimum atomic E-state index is -2.59. The zero-order valence-corrected chi connectivity index (χ0v) is 31.0. The van der Waals surface area contributed by atoms with Gasteiger partial charge in [0.1, 0.15) is 24.8 Å². The monoisotopic (exact) mass is 708 g/mol. The number of methoxy groups -OCH3 is 1. The number of carbonyl (C=O) groups excluding carboxylic acids is 1. The second-order valence-electron chi connectivity index (χ2n) is 13.9. The van der Waals surface area contributed by atoms with E-state index in [-0.39, 0.29) is 17.2 Å². The first-order chi connectivity index (χ1) is 23.6. The minimum absolute atomic E-state index is 0.227. The van der Waals surface area contributed by atoms with Crippen molar-refractivity contribution in [3.8, 4) is 17.6 Å². The van der Waals surface area contributed by atoms with Crippen LogP contribution in [0.1, 0.15) is 69.8 Å². The molecular formula is C38H54ClN6O3P.